The smallest absolute Gasteiger partial charge is 0.295 e. The van der Waals surface area contributed by atoms with Crippen LogP contribution in [0.3, 0.4) is 0 Å². The van der Waals surface area contributed by atoms with Crippen molar-refractivity contribution in [2.75, 3.05) is 19.1 Å². The molecule has 2 aromatic carbocycles. The Hall–Kier alpha value is -2.25. The van der Waals surface area contributed by atoms with Gasteiger partial charge in [0.2, 0.25) is 0 Å². The molecule has 0 unspecified atom stereocenters. The molecule has 1 aliphatic heterocycles. The fraction of sp³-hybridized carbons (Fsp3) is 0.111. The number of para-hydroxylation sites is 1. The predicted octanol–water partition coefficient (Wildman–Crippen LogP) is 4.56. The molecule has 1 saturated heterocycles. The molecule has 0 saturated carbocycles. The number of carbonyl (C=O) groups is 2. The fourth-order valence-corrected chi connectivity index (χ4v) is 3.55. The molecule has 2 aromatic rings. The Labute approximate surface area is 158 Å². The van der Waals surface area contributed by atoms with E-state index >= 15 is 0 Å². The van der Waals surface area contributed by atoms with Crippen LogP contribution >= 0.6 is 27.7 Å². The van der Waals surface area contributed by atoms with Gasteiger partial charge in [0.25, 0.3) is 11.1 Å². The van der Waals surface area contributed by atoms with Gasteiger partial charge in [-0.05, 0) is 63.6 Å². The summed E-state index contributed by atoms with van der Waals surface area (Å²) in [4.78, 5) is 26.3. The minimum Gasteiger partial charge on any atom is -0.497 e. The molecule has 1 N–H and O–H groups in total. The van der Waals surface area contributed by atoms with Crippen LogP contribution in [-0.4, -0.2) is 29.8 Å². The minimum absolute atomic E-state index is 0.114. The first-order valence-electron chi connectivity index (χ1n) is 7.46. The van der Waals surface area contributed by atoms with E-state index < -0.39 is 0 Å². The number of benzene rings is 2. The largest absolute Gasteiger partial charge is 0.497 e. The molecule has 1 aliphatic rings. The summed E-state index contributed by atoms with van der Waals surface area (Å²) in [6.45, 7) is 0.114. The maximum absolute atomic E-state index is 12.5. The number of methoxy groups -OCH3 is 1. The average Bonchev–Trinajstić information content (AvgIpc) is 2.88. The quantitative estimate of drug-likeness (QED) is 0.720. The summed E-state index contributed by atoms with van der Waals surface area (Å²) in [7, 11) is 1.58. The van der Waals surface area contributed by atoms with Crippen molar-refractivity contribution in [2.45, 2.75) is 0 Å². The molecule has 0 aromatic heterocycles. The van der Waals surface area contributed by atoms with Crippen LogP contribution in [0.4, 0.5) is 10.5 Å². The Morgan fingerprint density at radius 3 is 2.76 bits per heavy atom. The number of thioether (sulfide) groups is 1. The van der Waals surface area contributed by atoms with E-state index in [1.54, 1.807) is 13.2 Å². The van der Waals surface area contributed by atoms with Crippen molar-refractivity contribution >= 4 is 50.6 Å². The summed E-state index contributed by atoms with van der Waals surface area (Å²) in [5.41, 5.74) is 1.63. The number of hydrogen-bond acceptors (Lipinski definition) is 5. The number of ether oxygens (including phenoxy) is 1. The summed E-state index contributed by atoms with van der Waals surface area (Å²) < 4.78 is 6.04. The molecule has 1 fully saturated rings. The topological polar surface area (TPSA) is 58.6 Å². The number of anilines is 1. The SMILES string of the molecule is COc1cccc(/C=C2/SC(=O)N(CNc3ccccc3Br)C2=O)c1. The van der Waals surface area contributed by atoms with Crippen LogP contribution in [0, 0.1) is 0 Å². The summed E-state index contributed by atoms with van der Waals surface area (Å²) in [6.07, 6.45) is 1.70. The van der Waals surface area contributed by atoms with Gasteiger partial charge >= 0.3 is 0 Å². The zero-order valence-corrected chi connectivity index (χ0v) is 15.8. The highest BCUT2D eigenvalue weighted by Crippen LogP contribution is 2.33. The molecule has 0 spiro atoms. The normalized spacial score (nSPS) is 15.8. The van der Waals surface area contributed by atoms with Gasteiger partial charge in [0, 0.05) is 10.2 Å². The fourth-order valence-electron chi connectivity index (χ4n) is 2.29. The molecule has 2 amide bonds. The predicted molar refractivity (Wildman–Crippen MR) is 103 cm³/mol. The van der Waals surface area contributed by atoms with Gasteiger partial charge in [-0.2, -0.15) is 0 Å². The second-order valence-corrected chi connectivity index (χ2v) is 7.05. The van der Waals surface area contributed by atoms with Crippen molar-refractivity contribution in [1.29, 1.82) is 0 Å². The summed E-state index contributed by atoms with van der Waals surface area (Å²) in [5, 5.41) is 2.80. The molecule has 5 nitrogen and oxygen atoms in total. The maximum Gasteiger partial charge on any atom is 0.295 e. The number of imide groups is 1. The third kappa shape index (κ3) is 4.05. The van der Waals surface area contributed by atoms with Gasteiger partial charge in [-0.3, -0.25) is 14.5 Å². The molecule has 25 heavy (non-hydrogen) atoms. The van der Waals surface area contributed by atoms with Crippen molar-refractivity contribution in [3.05, 3.63) is 63.5 Å². The molecule has 7 heteroatoms. The number of halogens is 1. The first kappa shape index (κ1) is 17.6. The Bertz CT molecular complexity index is 854. The molecule has 0 aliphatic carbocycles. The van der Waals surface area contributed by atoms with E-state index in [0.29, 0.717) is 10.7 Å². The maximum atomic E-state index is 12.5. The van der Waals surface area contributed by atoms with Crippen LogP contribution in [0.5, 0.6) is 5.75 Å². The van der Waals surface area contributed by atoms with Crippen molar-refractivity contribution in [3.8, 4) is 5.75 Å². The Balaban J connectivity index is 1.73. The molecule has 0 atom stereocenters. The van der Waals surface area contributed by atoms with Gasteiger partial charge < -0.3 is 10.1 Å². The standard InChI is InChI=1S/C18H15BrN2O3S/c1-24-13-6-4-5-12(9-13)10-16-17(22)21(18(23)25-16)11-20-15-8-3-2-7-14(15)19/h2-10,20H,11H2,1H3/b16-10+. The zero-order valence-electron chi connectivity index (χ0n) is 13.4. The summed E-state index contributed by atoms with van der Waals surface area (Å²) in [6, 6.07) is 14.9. The van der Waals surface area contributed by atoms with Crippen LogP contribution in [-0.2, 0) is 4.79 Å². The van der Waals surface area contributed by atoms with Crippen molar-refractivity contribution in [3.63, 3.8) is 0 Å². The molecule has 0 bridgehead atoms. The Kier molecular flexibility index (Phi) is 5.45. The second-order valence-electron chi connectivity index (χ2n) is 5.20. The van der Waals surface area contributed by atoms with Crippen LogP contribution in [0.15, 0.2) is 57.9 Å². The Morgan fingerprint density at radius 2 is 2.00 bits per heavy atom. The van der Waals surface area contributed by atoms with Gasteiger partial charge in [-0.15, -0.1) is 0 Å². The summed E-state index contributed by atoms with van der Waals surface area (Å²) >= 11 is 4.36. The van der Waals surface area contributed by atoms with Crippen LogP contribution in [0.25, 0.3) is 6.08 Å². The van der Waals surface area contributed by atoms with Gasteiger partial charge in [0.15, 0.2) is 0 Å². The number of carbonyl (C=O) groups excluding carboxylic acids is 2. The number of hydrogen-bond donors (Lipinski definition) is 1. The van der Waals surface area contributed by atoms with E-state index in [2.05, 4.69) is 21.2 Å². The van der Waals surface area contributed by atoms with E-state index in [4.69, 9.17) is 4.74 Å². The third-order valence-corrected chi connectivity index (χ3v) is 5.17. The van der Waals surface area contributed by atoms with Gasteiger partial charge in [0.1, 0.15) is 5.75 Å². The molecular weight excluding hydrogens is 404 g/mol. The lowest BCUT2D eigenvalue weighted by Gasteiger charge is -2.15. The first-order valence-corrected chi connectivity index (χ1v) is 9.07. The molecule has 128 valence electrons. The van der Waals surface area contributed by atoms with Gasteiger partial charge in [0.05, 0.1) is 18.7 Å². The third-order valence-electron chi connectivity index (χ3n) is 3.57. The van der Waals surface area contributed by atoms with E-state index in [-0.39, 0.29) is 17.8 Å². The van der Waals surface area contributed by atoms with Crippen molar-refractivity contribution < 1.29 is 14.3 Å². The Morgan fingerprint density at radius 1 is 1.20 bits per heavy atom. The van der Waals surface area contributed by atoms with E-state index in [1.807, 2.05) is 48.5 Å². The first-order chi connectivity index (χ1) is 12.1. The highest BCUT2D eigenvalue weighted by molar-refractivity contribution is 9.10. The number of nitrogens with zero attached hydrogens (tertiary/aromatic N) is 1. The lowest BCUT2D eigenvalue weighted by atomic mass is 10.2. The molecule has 1 heterocycles. The molecule has 3 rings (SSSR count). The number of rotatable bonds is 5. The van der Waals surface area contributed by atoms with Gasteiger partial charge in [-0.1, -0.05) is 24.3 Å². The molecular formula is C18H15BrN2O3S. The zero-order chi connectivity index (χ0) is 17.8. The lowest BCUT2D eigenvalue weighted by Crippen LogP contribution is -2.33. The van der Waals surface area contributed by atoms with Crippen LogP contribution in [0.1, 0.15) is 5.56 Å². The highest BCUT2D eigenvalue weighted by atomic mass is 79.9. The van der Waals surface area contributed by atoms with E-state index in [0.717, 1.165) is 27.5 Å². The van der Waals surface area contributed by atoms with Crippen LogP contribution in [0.2, 0.25) is 0 Å². The van der Waals surface area contributed by atoms with Crippen LogP contribution < -0.4 is 10.1 Å². The number of amides is 2. The second kappa shape index (κ2) is 7.76. The van der Waals surface area contributed by atoms with E-state index in [9.17, 15) is 9.59 Å². The highest BCUT2D eigenvalue weighted by Gasteiger charge is 2.34. The number of nitrogens with one attached hydrogen (secondary N) is 1. The van der Waals surface area contributed by atoms with Gasteiger partial charge in [-0.25, -0.2) is 0 Å². The summed E-state index contributed by atoms with van der Waals surface area (Å²) in [5.74, 6) is 0.390. The molecule has 0 radical (unpaired) electrons. The monoisotopic (exact) mass is 418 g/mol. The average molecular weight is 419 g/mol. The van der Waals surface area contributed by atoms with Crippen molar-refractivity contribution in [1.82, 2.24) is 4.90 Å². The lowest BCUT2D eigenvalue weighted by molar-refractivity contribution is -0.122. The van der Waals surface area contributed by atoms with Crippen molar-refractivity contribution in [2.24, 2.45) is 0 Å². The minimum atomic E-state index is -0.308. The van der Waals surface area contributed by atoms with E-state index in [1.165, 1.54) is 4.90 Å².